The van der Waals surface area contributed by atoms with E-state index in [9.17, 15) is 14.7 Å². The van der Waals surface area contributed by atoms with Crippen LogP contribution in [-0.2, 0) is 9.59 Å². The van der Waals surface area contributed by atoms with E-state index in [4.69, 9.17) is 0 Å². The molecule has 0 heterocycles. The number of amides is 2. The van der Waals surface area contributed by atoms with E-state index in [-0.39, 0.29) is 11.8 Å². The van der Waals surface area contributed by atoms with Crippen molar-refractivity contribution in [2.45, 2.75) is 18.9 Å². The summed E-state index contributed by atoms with van der Waals surface area (Å²) in [6.07, 6.45) is 1.86. The number of nitrogens with one attached hydrogen (secondary N) is 2. The first kappa shape index (κ1) is 12.5. The Balaban J connectivity index is 1.85. The van der Waals surface area contributed by atoms with Crippen LogP contribution in [0.4, 0.5) is 5.69 Å². The molecular formula is C15H14N2O3. The van der Waals surface area contributed by atoms with Gasteiger partial charge in [-0.3, -0.25) is 9.59 Å². The number of anilines is 1. The fraction of sp³-hybridized carbons (Fsp3) is 0.200. The molecule has 5 heteroatoms. The number of aromatic hydroxyl groups is 1. The molecule has 1 saturated carbocycles. The number of hydrogen-bond acceptors (Lipinski definition) is 3. The number of phenolic OH excluding ortho intramolecular Hbond substituents is 1. The predicted octanol–water partition coefficient (Wildman–Crippen LogP) is 1.76. The molecule has 0 aromatic heterocycles. The van der Waals surface area contributed by atoms with Crippen molar-refractivity contribution in [3.63, 3.8) is 0 Å². The number of fused-ring (bicyclic) bond motifs is 1. The second-order valence-electron chi connectivity index (χ2n) is 4.88. The fourth-order valence-electron chi connectivity index (χ4n) is 2.06. The van der Waals surface area contributed by atoms with E-state index in [1.54, 1.807) is 36.4 Å². The van der Waals surface area contributed by atoms with Crippen LogP contribution in [0, 0.1) is 0 Å². The van der Waals surface area contributed by atoms with E-state index >= 15 is 0 Å². The molecule has 1 aliphatic rings. The second kappa shape index (κ2) is 4.85. The molecule has 5 nitrogen and oxygen atoms in total. The summed E-state index contributed by atoms with van der Waals surface area (Å²) in [6, 6.07) is 10.4. The lowest BCUT2D eigenvalue weighted by atomic mass is 10.1. The van der Waals surface area contributed by atoms with Gasteiger partial charge in [-0.15, -0.1) is 0 Å². The molecule has 20 heavy (non-hydrogen) atoms. The normalized spacial score (nSPS) is 14.0. The van der Waals surface area contributed by atoms with Gasteiger partial charge in [0.2, 0.25) is 0 Å². The Morgan fingerprint density at radius 3 is 2.45 bits per heavy atom. The van der Waals surface area contributed by atoms with Gasteiger partial charge in [-0.1, -0.05) is 24.3 Å². The lowest BCUT2D eigenvalue weighted by Crippen LogP contribution is -2.36. The number of carbonyl (C=O) groups excluding carboxylic acids is 2. The molecule has 0 atom stereocenters. The van der Waals surface area contributed by atoms with Crippen LogP contribution in [0.15, 0.2) is 36.4 Å². The van der Waals surface area contributed by atoms with Gasteiger partial charge in [0.25, 0.3) is 0 Å². The number of rotatable bonds is 2. The number of hydrogen-bond donors (Lipinski definition) is 3. The Bertz CT molecular complexity index is 693. The van der Waals surface area contributed by atoms with Crippen LogP contribution in [0.25, 0.3) is 10.8 Å². The molecule has 2 amide bonds. The van der Waals surface area contributed by atoms with Crippen LogP contribution in [0.1, 0.15) is 12.8 Å². The molecule has 0 radical (unpaired) electrons. The summed E-state index contributed by atoms with van der Waals surface area (Å²) < 4.78 is 0. The lowest BCUT2D eigenvalue weighted by Gasteiger charge is -2.09. The SMILES string of the molecule is O=C(Nc1cccc2c(O)cccc12)C(=O)NC1CC1. The van der Waals surface area contributed by atoms with Crippen molar-refractivity contribution in [3.05, 3.63) is 36.4 Å². The van der Waals surface area contributed by atoms with Crippen LogP contribution in [0.2, 0.25) is 0 Å². The molecule has 0 aliphatic heterocycles. The van der Waals surface area contributed by atoms with E-state index in [0.717, 1.165) is 12.8 Å². The molecule has 2 aromatic rings. The van der Waals surface area contributed by atoms with Crippen molar-refractivity contribution in [3.8, 4) is 5.75 Å². The molecule has 2 aromatic carbocycles. The Morgan fingerprint density at radius 2 is 1.70 bits per heavy atom. The quantitative estimate of drug-likeness (QED) is 0.728. The first-order chi connectivity index (χ1) is 9.65. The lowest BCUT2D eigenvalue weighted by molar-refractivity contribution is -0.136. The number of phenols is 1. The van der Waals surface area contributed by atoms with Gasteiger partial charge >= 0.3 is 11.8 Å². The third-order valence-electron chi connectivity index (χ3n) is 3.27. The van der Waals surface area contributed by atoms with Crippen LogP contribution < -0.4 is 10.6 Å². The van der Waals surface area contributed by atoms with Crippen molar-refractivity contribution in [2.75, 3.05) is 5.32 Å². The maximum Gasteiger partial charge on any atom is 0.313 e. The van der Waals surface area contributed by atoms with Crippen molar-refractivity contribution in [1.82, 2.24) is 5.32 Å². The number of benzene rings is 2. The van der Waals surface area contributed by atoms with Gasteiger partial charge in [0.05, 0.1) is 0 Å². The van der Waals surface area contributed by atoms with Gasteiger partial charge in [-0.05, 0) is 25.0 Å². The first-order valence-electron chi connectivity index (χ1n) is 6.48. The monoisotopic (exact) mass is 270 g/mol. The topological polar surface area (TPSA) is 78.4 Å². The minimum atomic E-state index is -0.687. The third-order valence-corrected chi connectivity index (χ3v) is 3.27. The maximum absolute atomic E-state index is 11.8. The van der Waals surface area contributed by atoms with Crippen LogP contribution in [0.3, 0.4) is 0 Å². The summed E-state index contributed by atoms with van der Waals surface area (Å²) in [4.78, 5) is 23.4. The maximum atomic E-state index is 11.8. The van der Waals surface area contributed by atoms with E-state index in [0.29, 0.717) is 16.5 Å². The number of carbonyl (C=O) groups is 2. The third kappa shape index (κ3) is 2.42. The van der Waals surface area contributed by atoms with E-state index in [1.807, 2.05) is 0 Å². The fourth-order valence-corrected chi connectivity index (χ4v) is 2.06. The highest BCUT2D eigenvalue weighted by Gasteiger charge is 2.26. The average molecular weight is 270 g/mol. The summed E-state index contributed by atoms with van der Waals surface area (Å²) >= 11 is 0. The molecule has 3 N–H and O–H groups in total. The van der Waals surface area contributed by atoms with Gasteiger partial charge in [0.1, 0.15) is 5.75 Å². The van der Waals surface area contributed by atoms with Gasteiger partial charge in [0, 0.05) is 22.5 Å². The van der Waals surface area contributed by atoms with Crippen molar-refractivity contribution < 1.29 is 14.7 Å². The van der Waals surface area contributed by atoms with Crippen molar-refractivity contribution in [2.24, 2.45) is 0 Å². The molecule has 0 bridgehead atoms. The Morgan fingerprint density at radius 1 is 1.00 bits per heavy atom. The molecule has 1 aliphatic carbocycles. The Labute approximate surface area is 115 Å². The Kier molecular flexibility index (Phi) is 3.02. The summed E-state index contributed by atoms with van der Waals surface area (Å²) in [6.45, 7) is 0. The summed E-state index contributed by atoms with van der Waals surface area (Å²) in [5.41, 5.74) is 0.509. The van der Waals surface area contributed by atoms with E-state index in [2.05, 4.69) is 10.6 Å². The highest BCUT2D eigenvalue weighted by molar-refractivity contribution is 6.40. The predicted molar refractivity (Wildman–Crippen MR) is 75.4 cm³/mol. The highest BCUT2D eigenvalue weighted by Crippen LogP contribution is 2.29. The largest absolute Gasteiger partial charge is 0.507 e. The minimum Gasteiger partial charge on any atom is -0.507 e. The highest BCUT2D eigenvalue weighted by atomic mass is 16.3. The molecule has 0 unspecified atom stereocenters. The van der Waals surface area contributed by atoms with Gasteiger partial charge in [-0.25, -0.2) is 0 Å². The van der Waals surface area contributed by atoms with Gasteiger partial charge in [-0.2, -0.15) is 0 Å². The zero-order valence-corrected chi connectivity index (χ0v) is 10.7. The zero-order valence-electron chi connectivity index (χ0n) is 10.7. The Hall–Kier alpha value is -2.56. The van der Waals surface area contributed by atoms with Gasteiger partial charge in [0.15, 0.2) is 0 Å². The molecule has 1 fully saturated rings. The first-order valence-corrected chi connectivity index (χ1v) is 6.48. The summed E-state index contributed by atoms with van der Waals surface area (Å²) in [5, 5.41) is 16.3. The van der Waals surface area contributed by atoms with Crippen molar-refractivity contribution in [1.29, 1.82) is 0 Å². The smallest absolute Gasteiger partial charge is 0.313 e. The molecular weight excluding hydrogens is 256 g/mol. The molecule has 0 saturated heterocycles. The standard InChI is InChI=1S/C15H14N2O3/c18-13-6-2-3-10-11(13)4-1-5-12(10)17-15(20)14(19)16-9-7-8-9/h1-6,9,18H,7-8H2,(H,16,19)(H,17,20). The molecule has 3 rings (SSSR count). The van der Waals surface area contributed by atoms with Crippen molar-refractivity contribution >= 4 is 28.3 Å². The van der Waals surface area contributed by atoms with Crippen LogP contribution in [0.5, 0.6) is 5.75 Å². The summed E-state index contributed by atoms with van der Waals surface area (Å²) in [5.74, 6) is -1.17. The van der Waals surface area contributed by atoms with Crippen LogP contribution in [-0.4, -0.2) is 23.0 Å². The molecule has 102 valence electrons. The zero-order chi connectivity index (χ0) is 14.1. The van der Waals surface area contributed by atoms with Crippen LogP contribution >= 0.6 is 0 Å². The molecule has 0 spiro atoms. The summed E-state index contributed by atoms with van der Waals surface area (Å²) in [7, 11) is 0. The van der Waals surface area contributed by atoms with Gasteiger partial charge < -0.3 is 15.7 Å². The second-order valence-corrected chi connectivity index (χ2v) is 4.88. The van der Waals surface area contributed by atoms with E-state index in [1.165, 1.54) is 0 Å². The van der Waals surface area contributed by atoms with E-state index < -0.39 is 11.8 Å². The average Bonchev–Trinajstić information content (AvgIpc) is 3.24. The minimum absolute atomic E-state index is 0.140.